The molecule has 0 fully saturated rings. The van der Waals surface area contributed by atoms with Crippen molar-refractivity contribution in [2.24, 2.45) is 4.99 Å². The van der Waals surface area contributed by atoms with Gasteiger partial charge in [-0.05, 0) is 36.4 Å². The van der Waals surface area contributed by atoms with Gasteiger partial charge >= 0.3 is 0 Å². The Morgan fingerprint density at radius 3 is 2.59 bits per heavy atom. The molecule has 0 spiro atoms. The van der Waals surface area contributed by atoms with Crippen LogP contribution in [0.2, 0.25) is 0 Å². The number of ether oxygens (including phenoxy) is 1. The molecular formula is C15H13BrN2O3S. The number of nitrogens with one attached hydrogen (secondary N) is 1. The Hall–Kier alpha value is -1.86. The lowest BCUT2D eigenvalue weighted by molar-refractivity contribution is 0.328. The van der Waals surface area contributed by atoms with E-state index in [9.17, 15) is 8.42 Å². The molecule has 0 saturated heterocycles. The van der Waals surface area contributed by atoms with Crippen molar-refractivity contribution in [3.8, 4) is 5.75 Å². The van der Waals surface area contributed by atoms with Gasteiger partial charge in [-0.1, -0.05) is 28.1 Å². The third-order valence-corrected chi connectivity index (χ3v) is 5.03. The average molecular weight is 381 g/mol. The number of hydrogen-bond donors (Lipinski definition) is 1. The maximum absolute atomic E-state index is 11.9. The fraction of sp³-hybridized carbons (Fsp3) is 0.133. The molecule has 0 radical (unpaired) electrons. The topological polar surface area (TPSA) is 67.8 Å². The largest absolute Gasteiger partial charge is 0.492 e. The molecule has 1 aliphatic heterocycles. The second-order valence-electron chi connectivity index (χ2n) is 4.63. The number of fused-ring (bicyclic) bond motifs is 1. The number of halogens is 1. The Bertz CT molecular complexity index is 817. The lowest BCUT2D eigenvalue weighted by Crippen LogP contribution is -2.23. The van der Waals surface area contributed by atoms with Crippen molar-refractivity contribution in [2.45, 2.75) is 4.90 Å². The molecule has 0 atom stereocenters. The van der Waals surface area contributed by atoms with Crippen LogP contribution < -0.4 is 9.46 Å². The predicted molar refractivity (Wildman–Crippen MR) is 87.8 cm³/mol. The van der Waals surface area contributed by atoms with Gasteiger partial charge in [-0.15, -0.1) is 0 Å². The molecular weight excluding hydrogens is 368 g/mol. The maximum Gasteiger partial charge on any atom is 0.263 e. The molecule has 2 aromatic rings. The SMILES string of the molecule is O=S1(=O)NC(=NCCOc2ccc(Br)cc2)c2ccccc21. The van der Waals surface area contributed by atoms with E-state index in [-0.39, 0.29) is 4.90 Å². The van der Waals surface area contributed by atoms with Crippen molar-refractivity contribution in [2.75, 3.05) is 13.2 Å². The van der Waals surface area contributed by atoms with Crippen LogP contribution in [-0.4, -0.2) is 27.4 Å². The number of nitrogens with zero attached hydrogens (tertiary/aromatic N) is 1. The zero-order valence-electron chi connectivity index (χ0n) is 11.5. The minimum atomic E-state index is -3.48. The molecule has 22 heavy (non-hydrogen) atoms. The van der Waals surface area contributed by atoms with Gasteiger partial charge in [0.25, 0.3) is 10.0 Å². The standard InChI is InChI=1S/C15H13BrN2O3S/c16-11-5-7-12(8-6-11)21-10-9-17-15-13-3-1-2-4-14(13)22(19,20)18-15/h1-8H,9-10H2,(H,17,18). The smallest absolute Gasteiger partial charge is 0.263 e. The van der Waals surface area contributed by atoms with Crippen LogP contribution >= 0.6 is 15.9 Å². The molecule has 7 heteroatoms. The predicted octanol–water partition coefficient (Wildman–Crippen LogP) is 2.57. The van der Waals surface area contributed by atoms with Crippen molar-refractivity contribution in [3.63, 3.8) is 0 Å². The molecule has 3 rings (SSSR count). The first-order valence-corrected chi connectivity index (χ1v) is 8.89. The first kappa shape index (κ1) is 15.1. The van der Waals surface area contributed by atoms with Crippen molar-refractivity contribution in [1.29, 1.82) is 0 Å². The van der Waals surface area contributed by atoms with Crippen LogP contribution in [0, 0.1) is 0 Å². The van der Waals surface area contributed by atoms with Crippen LogP contribution in [0.25, 0.3) is 0 Å². The second kappa shape index (κ2) is 6.10. The fourth-order valence-electron chi connectivity index (χ4n) is 2.10. The minimum Gasteiger partial charge on any atom is -0.492 e. The van der Waals surface area contributed by atoms with E-state index in [1.54, 1.807) is 24.3 Å². The fourth-order valence-corrected chi connectivity index (χ4v) is 3.62. The lowest BCUT2D eigenvalue weighted by Gasteiger charge is -2.04. The van der Waals surface area contributed by atoms with Crippen molar-refractivity contribution in [1.82, 2.24) is 4.72 Å². The van der Waals surface area contributed by atoms with Gasteiger partial charge < -0.3 is 4.74 Å². The number of sulfonamides is 1. The van der Waals surface area contributed by atoms with Crippen LogP contribution in [0.5, 0.6) is 5.75 Å². The van der Waals surface area contributed by atoms with E-state index in [0.29, 0.717) is 24.6 Å². The minimum absolute atomic E-state index is 0.266. The van der Waals surface area contributed by atoms with Crippen LogP contribution in [0.4, 0.5) is 0 Å². The first-order valence-electron chi connectivity index (χ1n) is 6.61. The first-order chi connectivity index (χ1) is 10.6. The van der Waals surface area contributed by atoms with Crippen LogP contribution in [0.1, 0.15) is 5.56 Å². The molecule has 0 saturated carbocycles. The normalized spacial score (nSPS) is 17.0. The third-order valence-electron chi connectivity index (χ3n) is 3.11. The molecule has 0 aromatic heterocycles. The molecule has 0 unspecified atom stereocenters. The number of rotatable bonds is 4. The molecule has 5 nitrogen and oxygen atoms in total. The molecule has 1 heterocycles. The molecule has 0 amide bonds. The quantitative estimate of drug-likeness (QED) is 0.828. The van der Waals surface area contributed by atoms with E-state index in [0.717, 1.165) is 10.2 Å². The second-order valence-corrected chi connectivity index (χ2v) is 7.20. The highest BCUT2D eigenvalue weighted by molar-refractivity contribution is 9.10. The van der Waals surface area contributed by atoms with Gasteiger partial charge in [0, 0.05) is 10.0 Å². The highest BCUT2D eigenvalue weighted by atomic mass is 79.9. The summed E-state index contributed by atoms with van der Waals surface area (Å²) in [5.41, 5.74) is 0.603. The van der Waals surface area contributed by atoms with E-state index in [4.69, 9.17) is 4.74 Å². The number of aliphatic imine (C=N–C) groups is 1. The van der Waals surface area contributed by atoms with Gasteiger partial charge in [0.1, 0.15) is 18.2 Å². The Balaban J connectivity index is 1.66. The summed E-state index contributed by atoms with van der Waals surface area (Å²) in [7, 11) is -3.48. The highest BCUT2D eigenvalue weighted by Crippen LogP contribution is 2.22. The molecule has 0 aliphatic carbocycles. The molecule has 1 aliphatic rings. The summed E-state index contributed by atoms with van der Waals surface area (Å²) < 4.78 is 32.8. The summed E-state index contributed by atoms with van der Waals surface area (Å²) in [6.07, 6.45) is 0. The van der Waals surface area contributed by atoms with E-state index < -0.39 is 10.0 Å². The summed E-state index contributed by atoms with van der Waals surface area (Å²) in [5.74, 6) is 1.12. The van der Waals surface area contributed by atoms with Gasteiger partial charge in [-0.25, -0.2) is 8.42 Å². The van der Waals surface area contributed by atoms with E-state index in [1.165, 1.54) is 0 Å². The summed E-state index contributed by atoms with van der Waals surface area (Å²) in [5, 5.41) is 0. The van der Waals surface area contributed by atoms with Crippen molar-refractivity contribution < 1.29 is 13.2 Å². The summed E-state index contributed by atoms with van der Waals surface area (Å²) in [4.78, 5) is 4.55. The summed E-state index contributed by atoms with van der Waals surface area (Å²) in [6, 6.07) is 14.3. The van der Waals surface area contributed by atoms with Gasteiger partial charge in [-0.2, -0.15) is 0 Å². The average Bonchev–Trinajstić information content (AvgIpc) is 2.77. The van der Waals surface area contributed by atoms with Gasteiger partial charge in [0.2, 0.25) is 0 Å². The number of amidine groups is 1. The van der Waals surface area contributed by atoms with E-state index >= 15 is 0 Å². The Morgan fingerprint density at radius 2 is 1.82 bits per heavy atom. The summed E-state index contributed by atoms with van der Waals surface area (Å²) in [6.45, 7) is 0.733. The van der Waals surface area contributed by atoms with Crippen molar-refractivity contribution >= 4 is 31.8 Å². The molecule has 1 N–H and O–H groups in total. The van der Waals surface area contributed by atoms with Crippen LogP contribution in [-0.2, 0) is 10.0 Å². The van der Waals surface area contributed by atoms with Gasteiger partial charge in [-0.3, -0.25) is 9.71 Å². The maximum atomic E-state index is 11.9. The zero-order chi connectivity index (χ0) is 15.6. The molecule has 2 aromatic carbocycles. The van der Waals surface area contributed by atoms with Crippen LogP contribution in [0.3, 0.4) is 0 Å². The molecule has 0 bridgehead atoms. The van der Waals surface area contributed by atoms with Crippen molar-refractivity contribution in [3.05, 3.63) is 58.6 Å². The van der Waals surface area contributed by atoms with Crippen LogP contribution in [0.15, 0.2) is 62.9 Å². The lowest BCUT2D eigenvalue weighted by atomic mass is 10.2. The highest BCUT2D eigenvalue weighted by Gasteiger charge is 2.29. The summed E-state index contributed by atoms with van der Waals surface area (Å²) >= 11 is 3.36. The van der Waals surface area contributed by atoms with E-state index in [1.807, 2.05) is 24.3 Å². The Morgan fingerprint density at radius 1 is 1.09 bits per heavy atom. The number of hydrogen-bond acceptors (Lipinski definition) is 4. The van der Waals surface area contributed by atoms with E-state index in [2.05, 4.69) is 25.6 Å². The zero-order valence-corrected chi connectivity index (χ0v) is 13.9. The number of benzene rings is 2. The van der Waals surface area contributed by atoms with Gasteiger partial charge in [0.15, 0.2) is 0 Å². The Kier molecular flexibility index (Phi) is 4.17. The molecule has 114 valence electrons. The monoisotopic (exact) mass is 380 g/mol. The Labute approximate surface area is 137 Å². The van der Waals surface area contributed by atoms with Gasteiger partial charge in [0.05, 0.1) is 11.4 Å². The third kappa shape index (κ3) is 3.15.